The van der Waals surface area contributed by atoms with Crippen LogP contribution in [0.15, 0.2) is 48.8 Å². The van der Waals surface area contributed by atoms with Crippen LogP contribution < -0.4 is 40.0 Å². The number of hydrogen-bond acceptors (Lipinski definition) is 7. The second-order valence-electron chi connectivity index (χ2n) is 8.54. The van der Waals surface area contributed by atoms with E-state index < -0.39 is 36.3 Å². The SMILES string of the molecule is CC(C)c1c(C(=O)NCc2cccnc2)nc(-c2ccc(F)cc2)n1CC[C@@H](O)C[C@@H](O)C(=O)[O-].[Na+]. The Morgan fingerprint density at radius 2 is 1.86 bits per heavy atom. The van der Waals surface area contributed by atoms with Gasteiger partial charge >= 0.3 is 29.6 Å². The Morgan fingerprint density at radius 1 is 1.17 bits per heavy atom. The molecule has 0 aliphatic carbocycles. The van der Waals surface area contributed by atoms with Crippen LogP contribution in [0.25, 0.3) is 11.4 Å². The van der Waals surface area contributed by atoms with Crippen molar-refractivity contribution >= 4 is 11.9 Å². The number of nitrogens with zero attached hydrogens (tertiary/aromatic N) is 3. The van der Waals surface area contributed by atoms with Crippen molar-refractivity contribution in [1.82, 2.24) is 19.9 Å². The van der Waals surface area contributed by atoms with Gasteiger partial charge in [0.25, 0.3) is 5.91 Å². The normalized spacial score (nSPS) is 12.6. The van der Waals surface area contributed by atoms with E-state index in [-0.39, 0.29) is 60.7 Å². The maximum absolute atomic E-state index is 13.5. The summed E-state index contributed by atoms with van der Waals surface area (Å²) in [6.07, 6.45) is 0.0643. The first-order valence-corrected chi connectivity index (χ1v) is 11.3. The Labute approximate surface area is 230 Å². The number of aromatic nitrogens is 3. The van der Waals surface area contributed by atoms with E-state index in [9.17, 15) is 29.3 Å². The van der Waals surface area contributed by atoms with Crippen LogP contribution in [0, 0.1) is 5.82 Å². The van der Waals surface area contributed by atoms with Crippen molar-refractivity contribution in [3.63, 3.8) is 0 Å². The van der Waals surface area contributed by atoms with Crippen LogP contribution in [0.2, 0.25) is 0 Å². The standard InChI is InChI=1S/C25H29FN4O5.Na/c1-15(2)22-21(24(33)28-14-16-4-3-10-27-13-16)29-23(17-5-7-18(26)8-6-17)30(22)11-9-19(31)12-20(32)25(34)35;/h3-8,10,13,15,19-20,31-32H,9,11-12,14H2,1-2H3,(H,28,33)(H,34,35);/q;+1/p-1/t19-,20-;/m1./s1. The van der Waals surface area contributed by atoms with Crippen molar-refractivity contribution in [2.45, 2.75) is 57.9 Å². The zero-order valence-electron chi connectivity index (χ0n) is 20.5. The Hall–Kier alpha value is -2.63. The fourth-order valence-electron chi connectivity index (χ4n) is 3.78. The number of carboxylic acid groups (broad SMARTS) is 1. The van der Waals surface area contributed by atoms with Crippen molar-refractivity contribution in [2.24, 2.45) is 0 Å². The minimum atomic E-state index is -1.79. The smallest absolute Gasteiger partial charge is 0.547 e. The quantitative estimate of drug-likeness (QED) is 0.266. The van der Waals surface area contributed by atoms with E-state index in [0.717, 1.165) is 5.56 Å². The van der Waals surface area contributed by atoms with E-state index in [2.05, 4.69) is 15.3 Å². The molecular formula is C25H28FN4NaO5. The third kappa shape index (κ3) is 7.68. The summed E-state index contributed by atoms with van der Waals surface area (Å²) in [6.45, 7) is 4.24. The molecule has 0 aliphatic rings. The minimum absolute atomic E-state index is 0. The van der Waals surface area contributed by atoms with Crippen molar-refractivity contribution in [3.05, 3.63) is 71.6 Å². The van der Waals surface area contributed by atoms with Gasteiger partial charge in [-0.2, -0.15) is 0 Å². The molecule has 0 radical (unpaired) electrons. The van der Waals surface area contributed by atoms with Gasteiger partial charge in [0, 0.05) is 37.5 Å². The maximum Gasteiger partial charge on any atom is 1.00 e. The Bertz CT molecular complexity index is 1160. The molecule has 0 unspecified atom stereocenters. The van der Waals surface area contributed by atoms with Gasteiger partial charge in [-0.05, 0) is 48.2 Å². The number of aliphatic hydroxyl groups is 2. The number of hydrogen-bond donors (Lipinski definition) is 3. The van der Waals surface area contributed by atoms with E-state index in [1.165, 1.54) is 12.1 Å². The maximum atomic E-state index is 13.5. The van der Waals surface area contributed by atoms with E-state index in [1.807, 2.05) is 19.9 Å². The van der Waals surface area contributed by atoms with Gasteiger partial charge in [0.2, 0.25) is 0 Å². The number of carboxylic acids is 1. The molecular weight excluding hydrogens is 478 g/mol. The number of halogens is 1. The van der Waals surface area contributed by atoms with Crippen LogP contribution in [-0.4, -0.2) is 48.8 Å². The van der Waals surface area contributed by atoms with Gasteiger partial charge in [-0.15, -0.1) is 0 Å². The largest absolute Gasteiger partial charge is 1.00 e. The summed E-state index contributed by atoms with van der Waals surface area (Å²) in [4.78, 5) is 32.5. The molecule has 0 saturated carbocycles. The van der Waals surface area contributed by atoms with Crippen LogP contribution in [0.3, 0.4) is 0 Å². The molecule has 36 heavy (non-hydrogen) atoms. The molecule has 11 heteroatoms. The summed E-state index contributed by atoms with van der Waals surface area (Å²) in [7, 11) is 0. The number of aliphatic hydroxyl groups excluding tert-OH is 2. The number of rotatable bonds is 11. The van der Waals surface area contributed by atoms with E-state index in [0.29, 0.717) is 17.1 Å². The molecule has 2 atom stereocenters. The van der Waals surface area contributed by atoms with E-state index in [1.54, 1.807) is 35.2 Å². The third-order valence-corrected chi connectivity index (χ3v) is 5.50. The van der Waals surface area contributed by atoms with Crippen molar-refractivity contribution in [1.29, 1.82) is 0 Å². The molecule has 2 heterocycles. The van der Waals surface area contributed by atoms with Gasteiger partial charge in [0.1, 0.15) is 17.3 Å². The monoisotopic (exact) mass is 506 g/mol. The number of carbonyl (C=O) groups is 2. The van der Waals surface area contributed by atoms with Crippen LogP contribution in [0.1, 0.15) is 54.4 Å². The molecule has 9 nitrogen and oxygen atoms in total. The molecule has 0 bridgehead atoms. The van der Waals surface area contributed by atoms with Crippen molar-refractivity contribution < 1.29 is 58.9 Å². The van der Waals surface area contributed by atoms with Gasteiger partial charge < -0.3 is 30.0 Å². The second-order valence-corrected chi connectivity index (χ2v) is 8.54. The number of pyridine rings is 1. The zero-order valence-corrected chi connectivity index (χ0v) is 22.5. The average Bonchev–Trinajstić information content (AvgIpc) is 3.22. The van der Waals surface area contributed by atoms with Gasteiger partial charge in [0.15, 0.2) is 0 Å². The van der Waals surface area contributed by atoms with Gasteiger partial charge in [-0.1, -0.05) is 19.9 Å². The predicted octanol–water partition coefficient (Wildman–Crippen LogP) is -1.61. The number of amides is 1. The summed E-state index contributed by atoms with van der Waals surface area (Å²) in [5, 5.41) is 33.4. The molecule has 0 spiro atoms. The molecule has 1 aromatic carbocycles. The van der Waals surface area contributed by atoms with Crippen LogP contribution in [-0.2, 0) is 17.9 Å². The van der Waals surface area contributed by atoms with Gasteiger partial charge in [-0.25, -0.2) is 9.37 Å². The summed E-state index contributed by atoms with van der Waals surface area (Å²) in [6, 6.07) is 9.28. The number of nitrogens with one attached hydrogen (secondary N) is 1. The van der Waals surface area contributed by atoms with Crippen LogP contribution >= 0.6 is 0 Å². The van der Waals surface area contributed by atoms with Crippen molar-refractivity contribution in [3.8, 4) is 11.4 Å². The summed E-state index contributed by atoms with van der Waals surface area (Å²) < 4.78 is 15.3. The van der Waals surface area contributed by atoms with E-state index in [4.69, 9.17) is 0 Å². The Balaban J connectivity index is 0.00000456. The average molecular weight is 507 g/mol. The molecule has 2 aromatic heterocycles. The first kappa shape index (κ1) is 29.6. The molecule has 3 rings (SSSR count). The molecule has 0 aliphatic heterocycles. The van der Waals surface area contributed by atoms with Gasteiger partial charge in [-0.3, -0.25) is 9.78 Å². The fraction of sp³-hybridized carbons (Fsp3) is 0.360. The first-order valence-electron chi connectivity index (χ1n) is 11.3. The first-order chi connectivity index (χ1) is 16.7. The second kappa shape index (κ2) is 13.6. The number of aliphatic carboxylic acids is 1. The topological polar surface area (TPSA) is 140 Å². The molecule has 0 fully saturated rings. The minimum Gasteiger partial charge on any atom is -0.547 e. The third-order valence-electron chi connectivity index (χ3n) is 5.50. The summed E-state index contributed by atoms with van der Waals surface area (Å²) in [5.74, 6) is -2.20. The Kier molecular flexibility index (Phi) is 11.2. The predicted molar refractivity (Wildman–Crippen MR) is 123 cm³/mol. The molecule has 1 amide bonds. The molecule has 0 saturated heterocycles. The fourth-order valence-corrected chi connectivity index (χ4v) is 3.78. The van der Waals surface area contributed by atoms with Crippen molar-refractivity contribution in [2.75, 3.05) is 0 Å². The molecule has 186 valence electrons. The Morgan fingerprint density at radius 3 is 2.44 bits per heavy atom. The van der Waals surface area contributed by atoms with Crippen LogP contribution in [0.5, 0.6) is 0 Å². The summed E-state index contributed by atoms with van der Waals surface area (Å²) >= 11 is 0. The summed E-state index contributed by atoms with van der Waals surface area (Å²) in [5.41, 5.74) is 2.21. The van der Waals surface area contributed by atoms with E-state index >= 15 is 0 Å². The van der Waals surface area contributed by atoms with Gasteiger partial charge in [0.05, 0.1) is 23.9 Å². The zero-order chi connectivity index (χ0) is 25.5. The number of carbonyl (C=O) groups excluding carboxylic acids is 2. The number of imidazole rings is 1. The van der Waals surface area contributed by atoms with Crippen LogP contribution in [0.4, 0.5) is 4.39 Å². The molecule has 3 aromatic rings. The number of benzene rings is 1. The molecule has 3 N–H and O–H groups in total.